The first-order chi connectivity index (χ1) is 23.5. The van der Waals surface area contributed by atoms with Gasteiger partial charge in [0.05, 0.1) is 48.8 Å². The predicted octanol–water partition coefficient (Wildman–Crippen LogP) is 5.84. The van der Waals surface area contributed by atoms with Gasteiger partial charge in [0.1, 0.15) is 17.1 Å². The van der Waals surface area contributed by atoms with Crippen LogP contribution >= 0.6 is 0 Å². The Balaban J connectivity index is 1.34. The number of rotatable bonds is 13. The molecule has 0 saturated heterocycles. The van der Waals surface area contributed by atoms with Crippen LogP contribution < -0.4 is 30.3 Å². The molecule has 1 fully saturated rings. The molecule has 49 heavy (non-hydrogen) atoms. The maximum absolute atomic E-state index is 13.3. The molecule has 258 valence electrons. The van der Waals surface area contributed by atoms with Crippen LogP contribution in [0.3, 0.4) is 0 Å². The Labute approximate surface area is 288 Å². The number of carbonyl (C=O) groups is 1. The van der Waals surface area contributed by atoms with Gasteiger partial charge >= 0.3 is 5.97 Å². The Morgan fingerprint density at radius 3 is 2.45 bits per heavy atom. The fraction of sp³-hybridized carbons (Fsp3) is 0.405. The summed E-state index contributed by atoms with van der Waals surface area (Å²) in [6.07, 6.45) is 3.32. The van der Waals surface area contributed by atoms with Crippen molar-refractivity contribution in [1.82, 2.24) is 19.9 Å². The van der Waals surface area contributed by atoms with Crippen molar-refractivity contribution in [2.75, 3.05) is 68.8 Å². The van der Waals surface area contributed by atoms with Crippen LogP contribution in [0.15, 0.2) is 54.7 Å². The normalized spacial score (nSPS) is 14.3. The molecule has 0 atom stereocenters. The number of nitrogens with two attached hydrogens (primary N) is 1. The van der Waals surface area contributed by atoms with E-state index in [9.17, 15) is 4.79 Å². The molecule has 0 unspecified atom stereocenters. The monoisotopic (exact) mass is 666 g/mol. The number of hydrogen-bond acceptors (Lipinski definition) is 12. The van der Waals surface area contributed by atoms with Crippen LogP contribution in [-0.2, 0) is 16.7 Å². The Morgan fingerprint density at radius 1 is 1.04 bits per heavy atom. The SMILES string of the molecule is COc1ccc(CN(CCN(C)C)c2cc(OC)c(Nc3ncc(C(=O)OC(C)C)c(N4CC5(CC5)c5nc(C)ccc54)n3)cc2N)cc1. The molecule has 2 aromatic heterocycles. The second-order valence-electron chi connectivity index (χ2n) is 13.4. The summed E-state index contributed by atoms with van der Waals surface area (Å²) in [5.41, 5.74) is 13.1. The molecule has 0 bridgehead atoms. The maximum Gasteiger partial charge on any atom is 0.343 e. The first-order valence-corrected chi connectivity index (χ1v) is 16.6. The molecule has 3 heterocycles. The third-order valence-corrected chi connectivity index (χ3v) is 8.99. The van der Waals surface area contributed by atoms with Gasteiger partial charge in [-0.1, -0.05) is 12.1 Å². The van der Waals surface area contributed by atoms with Crippen molar-refractivity contribution in [3.63, 3.8) is 0 Å². The molecular formula is C37H46N8O4. The van der Waals surface area contributed by atoms with Crippen LogP contribution in [0.2, 0.25) is 0 Å². The topological polar surface area (TPSA) is 131 Å². The summed E-state index contributed by atoms with van der Waals surface area (Å²) in [5, 5.41) is 3.32. The number of ether oxygens (including phenoxy) is 3. The van der Waals surface area contributed by atoms with E-state index in [1.807, 2.05) is 65.2 Å². The van der Waals surface area contributed by atoms with Crippen molar-refractivity contribution in [1.29, 1.82) is 0 Å². The lowest BCUT2D eigenvalue weighted by atomic mass is 10.0. The molecule has 6 rings (SSSR count). The standard InChI is InChI=1S/C37H46N8O4/c1-23(2)49-35(46)27-20-39-36(42-34(27)45-22-37(14-15-37)33-30(45)13-8-24(3)40-33)41-29-18-28(38)31(19-32(29)48-7)44(17-16-43(4)5)21-25-9-11-26(47-6)12-10-25/h8-13,18-20,23H,14-17,21-22,38H2,1-7H3,(H,39,41,42). The number of fused-ring (bicyclic) bond motifs is 2. The van der Waals surface area contributed by atoms with Crippen LogP contribution in [0.5, 0.6) is 11.5 Å². The highest BCUT2D eigenvalue weighted by Gasteiger charge is 2.54. The Hall–Kier alpha value is -5.10. The molecule has 0 amide bonds. The van der Waals surface area contributed by atoms with Crippen molar-refractivity contribution in [2.45, 2.75) is 51.7 Å². The van der Waals surface area contributed by atoms with E-state index in [1.54, 1.807) is 14.2 Å². The van der Waals surface area contributed by atoms with E-state index in [4.69, 9.17) is 29.9 Å². The molecule has 1 spiro atoms. The maximum atomic E-state index is 13.3. The van der Waals surface area contributed by atoms with Gasteiger partial charge in [-0.25, -0.2) is 9.78 Å². The zero-order valence-corrected chi connectivity index (χ0v) is 29.4. The van der Waals surface area contributed by atoms with Crippen LogP contribution in [0.4, 0.5) is 34.5 Å². The van der Waals surface area contributed by atoms with Crippen molar-refractivity contribution >= 4 is 40.5 Å². The molecule has 4 aromatic rings. The lowest BCUT2D eigenvalue weighted by Gasteiger charge is -2.29. The van der Waals surface area contributed by atoms with E-state index in [1.165, 1.54) is 6.20 Å². The minimum Gasteiger partial charge on any atom is -0.497 e. The number of carbonyl (C=O) groups excluding carboxylic acids is 1. The summed E-state index contributed by atoms with van der Waals surface area (Å²) < 4.78 is 16.8. The Bertz CT molecular complexity index is 1820. The number of aromatic nitrogens is 3. The molecule has 1 aliphatic carbocycles. The van der Waals surface area contributed by atoms with E-state index in [0.717, 1.165) is 60.0 Å². The number of anilines is 6. The fourth-order valence-corrected chi connectivity index (χ4v) is 6.22. The molecule has 0 radical (unpaired) electrons. The lowest BCUT2D eigenvalue weighted by molar-refractivity contribution is 0.0378. The second kappa shape index (κ2) is 13.8. The summed E-state index contributed by atoms with van der Waals surface area (Å²) in [4.78, 5) is 34.2. The average Bonchev–Trinajstić information content (AvgIpc) is 3.79. The van der Waals surface area contributed by atoms with Crippen LogP contribution in [0, 0.1) is 6.92 Å². The Morgan fingerprint density at radius 2 is 1.80 bits per heavy atom. The third kappa shape index (κ3) is 7.19. The van der Waals surface area contributed by atoms with Crippen molar-refractivity contribution in [3.8, 4) is 11.5 Å². The molecule has 2 aromatic carbocycles. The van der Waals surface area contributed by atoms with Crippen LogP contribution in [0.1, 0.15) is 54.0 Å². The summed E-state index contributed by atoms with van der Waals surface area (Å²) in [7, 11) is 7.38. The zero-order chi connectivity index (χ0) is 34.9. The number of nitrogens with zero attached hydrogens (tertiary/aromatic N) is 6. The summed E-state index contributed by atoms with van der Waals surface area (Å²) in [5.74, 6) is 1.67. The van der Waals surface area contributed by atoms with Gasteiger partial charge in [-0.05, 0) is 83.6 Å². The van der Waals surface area contributed by atoms with Gasteiger partial charge in [0.25, 0.3) is 0 Å². The third-order valence-electron chi connectivity index (χ3n) is 8.99. The quantitative estimate of drug-likeness (QED) is 0.131. The molecular weight excluding hydrogens is 620 g/mol. The van der Waals surface area contributed by atoms with E-state index in [-0.39, 0.29) is 11.5 Å². The first-order valence-electron chi connectivity index (χ1n) is 16.6. The van der Waals surface area contributed by atoms with Crippen molar-refractivity contribution < 1.29 is 19.0 Å². The molecule has 3 N–H and O–H groups in total. The van der Waals surface area contributed by atoms with Gasteiger partial charge in [-0.2, -0.15) is 4.98 Å². The molecule has 1 aliphatic heterocycles. The predicted molar refractivity (Wildman–Crippen MR) is 193 cm³/mol. The van der Waals surface area contributed by atoms with Crippen LogP contribution in [-0.4, -0.2) is 79.9 Å². The number of nitrogen functional groups attached to an aromatic ring is 1. The van der Waals surface area contributed by atoms with Crippen molar-refractivity contribution in [3.05, 3.63) is 77.2 Å². The van der Waals surface area contributed by atoms with Gasteiger partial charge in [-0.3, -0.25) is 4.98 Å². The second-order valence-corrected chi connectivity index (χ2v) is 13.4. The highest BCUT2D eigenvalue weighted by molar-refractivity contribution is 5.96. The van der Waals surface area contributed by atoms with E-state index in [2.05, 4.69) is 43.2 Å². The van der Waals surface area contributed by atoms with Gasteiger partial charge in [0.2, 0.25) is 5.95 Å². The smallest absolute Gasteiger partial charge is 0.343 e. The number of esters is 1. The zero-order valence-electron chi connectivity index (χ0n) is 29.4. The highest BCUT2D eigenvalue weighted by atomic mass is 16.5. The summed E-state index contributed by atoms with van der Waals surface area (Å²) in [6.45, 7) is 8.55. The van der Waals surface area contributed by atoms with Gasteiger partial charge in [-0.15, -0.1) is 0 Å². The first kappa shape index (κ1) is 33.8. The number of likely N-dealkylation sites (N-methyl/N-ethyl adjacent to an activating group) is 1. The number of hydrogen-bond donors (Lipinski definition) is 2. The van der Waals surface area contributed by atoms with Gasteiger partial charge in [0, 0.05) is 49.6 Å². The van der Waals surface area contributed by atoms with E-state index < -0.39 is 5.97 Å². The number of pyridine rings is 1. The molecule has 1 saturated carbocycles. The molecule has 12 nitrogen and oxygen atoms in total. The van der Waals surface area contributed by atoms with Gasteiger partial charge < -0.3 is 40.0 Å². The minimum absolute atomic E-state index is 0.0309. The summed E-state index contributed by atoms with van der Waals surface area (Å²) in [6, 6.07) is 15.9. The Kier molecular flexibility index (Phi) is 9.51. The highest BCUT2D eigenvalue weighted by Crippen LogP contribution is 2.57. The average molecular weight is 667 g/mol. The van der Waals surface area contributed by atoms with E-state index in [0.29, 0.717) is 47.5 Å². The number of methoxy groups -OCH3 is 2. The summed E-state index contributed by atoms with van der Waals surface area (Å²) >= 11 is 0. The van der Waals surface area contributed by atoms with Gasteiger partial charge in [0.15, 0.2) is 5.82 Å². The van der Waals surface area contributed by atoms with Crippen molar-refractivity contribution in [2.24, 2.45) is 0 Å². The largest absolute Gasteiger partial charge is 0.497 e. The number of aryl methyl sites for hydroxylation is 1. The number of nitrogens with one attached hydrogen (secondary N) is 1. The number of benzene rings is 2. The minimum atomic E-state index is -0.476. The molecule has 2 aliphatic rings. The lowest BCUT2D eigenvalue weighted by Crippen LogP contribution is -2.32. The van der Waals surface area contributed by atoms with Crippen LogP contribution in [0.25, 0.3) is 0 Å². The van der Waals surface area contributed by atoms with E-state index >= 15 is 0 Å². The molecule has 12 heteroatoms. The fourth-order valence-electron chi connectivity index (χ4n) is 6.22.